The van der Waals surface area contributed by atoms with Crippen molar-refractivity contribution in [2.45, 2.75) is 24.4 Å². The minimum absolute atomic E-state index is 0.0525. The van der Waals surface area contributed by atoms with E-state index in [4.69, 9.17) is 34.8 Å². The predicted octanol–water partition coefficient (Wildman–Crippen LogP) is 5.01. The van der Waals surface area contributed by atoms with Gasteiger partial charge in [-0.25, -0.2) is 8.42 Å². The minimum atomic E-state index is -4.20. The van der Waals surface area contributed by atoms with Crippen molar-refractivity contribution >= 4 is 62.3 Å². The molecule has 11 heteroatoms. The van der Waals surface area contributed by atoms with Gasteiger partial charge in [0.05, 0.1) is 10.6 Å². The minimum Gasteiger partial charge on any atom is -0.357 e. The molecule has 190 valence electrons. The third-order valence-corrected chi connectivity index (χ3v) is 7.98. The van der Waals surface area contributed by atoms with Crippen LogP contribution in [0.3, 0.4) is 0 Å². The molecule has 3 aromatic rings. The summed E-state index contributed by atoms with van der Waals surface area (Å²) in [6, 6.07) is 17.7. The number of hydrogen-bond donors (Lipinski definition) is 1. The highest BCUT2D eigenvalue weighted by Crippen LogP contribution is 2.27. The van der Waals surface area contributed by atoms with Gasteiger partial charge >= 0.3 is 0 Å². The van der Waals surface area contributed by atoms with E-state index in [0.29, 0.717) is 15.1 Å². The summed E-state index contributed by atoms with van der Waals surface area (Å²) in [7, 11) is -2.73. The third-order valence-electron chi connectivity index (χ3n) is 5.46. The van der Waals surface area contributed by atoms with E-state index >= 15 is 0 Å². The largest absolute Gasteiger partial charge is 0.357 e. The molecule has 0 unspecified atom stereocenters. The molecule has 0 aliphatic carbocycles. The van der Waals surface area contributed by atoms with Crippen LogP contribution < -0.4 is 9.62 Å². The van der Waals surface area contributed by atoms with Crippen molar-refractivity contribution in [1.82, 2.24) is 10.2 Å². The van der Waals surface area contributed by atoms with Crippen molar-refractivity contribution in [3.8, 4) is 0 Å². The van der Waals surface area contributed by atoms with Gasteiger partial charge in [-0.3, -0.25) is 13.9 Å². The number of rotatable bonds is 9. The van der Waals surface area contributed by atoms with Crippen molar-refractivity contribution in [2.24, 2.45) is 0 Å². The molecule has 0 radical (unpaired) electrons. The number of sulfonamides is 1. The van der Waals surface area contributed by atoms with Crippen molar-refractivity contribution in [1.29, 1.82) is 0 Å². The number of likely N-dealkylation sites (N-methyl/N-ethyl adjacent to an activating group) is 1. The maximum absolute atomic E-state index is 13.6. The maximum Gasteiger partial charge on any atom is 0.264 e. The number of hydrogen-bond acceptors (Lipinski definition) is 4. The molecule has 0 saturated heterocycles. The van der Waals surface area contributed by atoms with E-state index in [1.807, 2.05) is 0 Å². The lowest BCUT2D eigenvalue weighted by molar-refractivity contribution is -0.139. The van der Waals surface area contributed by atoms with Crippen LogP contribution in [0, 0.1) is 0 Å². The summed E-state index contributed by atoms with van der Waals surface area (Å²) < 4.78 is 28.3. The first-order valence-electron chi connectivity index (χ1n) is 10.8. The Morgan fingerprint density at radius 2 is 1.47 bits per heavy atom. The van der Waals surface area contributed by atoms with E-state index < -0.39 is 34.4 Å². The molecular weight excluding hydrogens is 545 g/mol. The SMILES string of the molecule is CNC(=O)[C@H](C)N(Cc1ccc(Cl)cc1)C(=O)CN(c1cccc(Cl)c1)S(=O)(=O)c1ccc(Cl)cc1. The van der Waals surface area contributed by atoms with E-state index in [0.717, 1.165) is 9.87 Å². The zero-order valence-electron chi connectivity index (χ0n) is 19.5. The van der Waals surface area contributed by atoms with E-state index in [1.165, 1.54) is 42.3 Å². The van der Waals surface area contributed by atoms with Crippen LogP contribution in [0.4, 0.5) is 5.69 Å². The van der Waals surface area contributed by atoms with Gasteiger partial charge in [0.2, 0.25) is 11.8 Å². The second-order valence-corrected chi connectivity index (χ2v) is 11.1. The van der Waals surface area contributed by atoms with Crippen LogP contribution in [0.1, 0.15) is 12.5 Å². The molecule has 1 N–H and O–H groups in total. The van der Waals surface area contributed by atoms with Gasteiger partial charge in [0, 0.05) is 28.7 Å². The lowest BCUT2D eigenvalue weighted by Gasteiger charge is -2.31. The Morgan fingerprint density at radius 1 is 0.889 bits per heavy atom. The fourth-order valence-corrected chi connectivity index (χ4v) is 5.31. The Morgan fingerprint density at radius 3 is 2.03 bits per heavy atom. The van der Waals surface area contributed by atoms with E-state index in [2.05, 4.69) is 5.32 Å². The number of anilines is 1. The smallest absolute Gasteiger partial charge is 0.264 e. The second kappa shape index (κ2) is 12.0. The summed E-state index contributed by atoms with van der Waals surface area (Å²) in [5.74, 6) is -0.981. The maximum atomic E-state index is 13.6. The first-order chi connectivity index (χ1) is 17.0. The molecule has 0 saturated carbocycles. The summed E-state index contributed by atoms with van der Waals surface area (Å²) in [6.07, 6.45) is 0. The number of benzene rings is 3. The zero-order valence-corrected chi connectivity index (χ0v) is 22.6. The lowest BCUT2D eigenvalue weighted by Crippen LogP contribution is -2.50. The third kappa shape index (κ3) is 6.70. The fourth-order valence-electron chi connectivity index (χ4n) is 3.47. The highest BCUT2D eigenvalue weighted by molar-refractivity contribution is 7.92. The second-order valence-electron chi connectivity index (χ2n) is 7.88. The summed E-state index contributed by atoms with van der Waals surface area (Å²) in [6.45, 7) is 1.07. The van der Waals surface area contributed by atoms with Crippen molar-refractivity contribution < 1.29 is 18.0 Å². The standard InChI is InChI=1S/C25H24Cl3N3O4S/c1-17(25(33)29-2)30(15-18-6-8-19(26)9-7-18)24(32)16-31(22-5-3-4-21(28)14-22)36(34,35)23-12-10-20(27)11-13-23/h3-14,17H,15-16H2,1-2H3,(H,29,33)/t17-/m0/s1. The average Bonchev–Trinajstić information content (AvgIpc) is 2.86. The normalized spacial score (nSPS) is 12.0. The van der Waals surface area contributed by atoms with E-state index in [9.17, 15) is 18.0 Å². The van der Waals surface area contributed by atoms with Crippen LogP contribution in [-0.4, -0.2) is 44.8 Å². The van der Waals surface area contributed by atoms with E-state index in [-0.39, 0.29) is 17.1 Å². The zero-order chi connectivity index (χ0) is 26.5. The molecule has 7 nitrogen and oxygen atoms in total. The van der Waals surface area contributed by atoms with Gasteiger partial charge in [0.1, 0.15) is 12.6 Å². The first kappa shape index (κ1) is 27.8. The topological polar surface area (TPSA) is 86.8 Å². The van der Waals surface area contributed by atoms with Gasteiger partial charge < -0.3 is 10.2 Å². The molecule has 3 rings (SSSR count). The van der Waals surface area contributed by atoms with Gasteiger partial charge in [-0.05, 0) is 67.1 Å². The fraction of sp³-hybridized carbons (Fsp3) is 0.200. The number of carbonyl (C=O) groups is 2. The van der Waals surface area contributed by atoms with Crippen LogP contribution in [-0.2, 0) is 26.2 Å². The predicted molar refractivity (Wildman–Crippen MR) is 143 cm³/mol. The quantitative estimate of drug-likeness (QED) is 0.393. The van der Waals surface area contributed by atoms with Gasteiger partial charge in [0.15, 0.2) is 0 Å². The van der Waals surface area contributed by atoms with Gasteiger partial charge in [-0.2, -0.15) is 0 Å². The van der Waals surface area contributed by atoms with Crippen molar-refractivity contribution in [2.75, 3.05) is 17.9 Å². The van der Waals surface area contributed by atoms with Crippen LogP contribution in [0.25, 0.3) is 0 Å². The Labute approximate surface area is 225 Å². The summed E-state index contributed by atoms with van der Waals surface area (Å²) in [5, 5.41) is 3.73. The highest BCUT2D eigenvalue weighted by Gasteiger charge is 2.32. The molecule has 0 bridgehead atoms. The highest BCUT2D eigenvalue weighted by atomic mass is 35.5. The monoisotopic (exact) mass is 567 g/mol. The summed E-state index contributed by atoms with van der Waals surface area (Å²) in [4.78, 5) is 27.4. The van der Waals surface area contributed by atoms with Crippen molar-refractivity contribution in [3.05, 3.63) is 93.4 Å². The average molecular weight is 569 g/mol. The van der Waals surface area contributed by atoms with Crippen LogP contribution in [0.5, 0.6) is 0 Å². The first-order valence-corrected chi connectivity index (χ1v) is 13.4. The molecule has 2 amide bonds. The number of halogens is 3. The molecule has 0 aromatic heterocycles. The van der Waals surface area contributed by atoms with E-state index in [1.54, 1.807) is 49.4 Å². The van der Waals surface area contributed by atoms with Gasteiger partial charge in [-0.15, -0.1) is 0 Å². The summed E-state index contributed by atoms with van der Waals surface area (Å²) >= 11 is 18.1. The Hall–Kier alpha value is -2.78. The molecule has 0 aliphatic heterocycles. The van der Waals surface area contributed by atoms with Crippen molar-refractivity contribution in [3.63, 3.8) is 0 Å². The number of nitrogens with zero attached hydrogens (tertiary/aromatic N) is 2. The number of nitrogens with one attached hydrogen (secondary N) is 1. The van der Waals surface area contributed by atoms with Gasteiger partial charge in [0.25, 0.3) is 10.0 Å². The Balaban J connectivity index is 2.02. The molecule has 0 aliphatic rings. The summed E-state index contributed by atoms with van der Waals surface area (Å²) in [5.41, 5.74) is 0.920. The Bertz CT molecular complexity index is 1330. The molecule has 0 fully saturated rings. The number of amides is 2. The van der Waals surface area contributed by atoms with Crippen LogP contribution in [0.2, 0.25) is 15.1 Å². The molecule has 0 heterocycles. The molecule has 0 spiro atoms. The number of carbonyl (C=O) groups excluding carboxylic acids is 2. The molecule has 1 atom stereocenters. The molecular formula is C25H24Cl3N3O4S. The Kier molecular flexibility index (Phi) is 9.24. The lowest BCUT2D eigenvalue weighted by atomic mass is 10.1. The van der Waals surface area contributed by atoms with Crippen LogP contribution in [0.15, 0.2) is 77.7 Å². The molecule has 36 heavy (non-hydrogen) atoms. The van der Waals surface area contributed by atoms with Gasteiger partial charge in [-0.1, -0.05) is 53.0 Å². The molecule has 3 aromatic carbocycles. The van der Waals surface area contributed by atoms with Crippen LogP contribution >= 0.6 is 34.8 Å².